The van der Waals surface area contributed by atoms with Crippen LogP contribution in [0.4, 0.5) is 0 Å². The van der Waals surface area contributed by atoms with Gasteiger partial charge in [-0.15, -0.1) is 0 Å². The van der Waals surface area contributed by atoms with Crippen molar-refractivity contribution in [2.45, 2.75) is 33.1 Å². The van der Waals surface area contributed by atoms with Gasteiger partial charge in [-0.25, -0.2) is 5.84 Å². The zero-order valence-electron chi connectivity index (χ0n) is 9.58. The molecule has 1 heterocycles. The van der Waals surface area contributed by atoms with Crippen molar-refractivity contribution in [1.29, 1.82) is 0 Å². The van der Waals surface area contributed by atoms with Crippen LogP contribution < -0.4 is 11.3 Å². The lowest BCUT2D eigenvalue weighted by molar-refractivity contribution is -0.150. The molecule has 0 aromatic carbocycles. The van der Waals surface area contributed by atoms with E-state index < -0.39 is 11.3 Å². The Labute approximate surface area is 94.1 Å². The fraction of sp³-hybridized carbons (Fsp3) is 0.700. The molecule has 1 aliphatic rings. The number of carbonyl (C=O) groups is 3. The summed E-state index contributed by atoms with van der Waals surface area (Å²) in [5, 5.41) is 0. The van der Waals surface area contributed by atoms with E-state index >= 15 is 0 Å². The number of likely N-dealkylation sites (tertiary alicyclic amines) is 1. The highest BCUT2D eigenvalue weighted by molar-refractivity contribution is 5.98. The van der Waals surface area contributed by atoms with Gasteiger partial charge in [0.1, 0.15) is 0 Å². The summed E-state index contributed by atoms with van der Waals surface area (Å²) in [5.41, 5.74) is 1.17. The molecule has 6 heteroatoms. The van der Waals surface area contributed by atoms with Crippen LogP contribution in [0.2, 0.25) is 0 Å². The maximum atomic E-state index is 11.5. The molecular formula is C10H17N3O3. The molecule has 16 heavy (non-hydrogen) atoms. The van der Waals surface area contributed by atoms with Gasteiger partial charge in [-0.2, -0.15) is 0 Å². The second kappa shape index (κ2) is 4.61. The quantitative estimate of drug-likeness (QED) is 0.295. The molecule has 0 aromatic rings. The third-order valence-corrected chi connectivity index (χ3v) is 2.68. The summed E-state index contributed by atoms with van der Waals surface area (Å²) in [6.45, 7) is 3.36. The zero-order chi connectivity index (χ0) is 12.3. The molecule has 0 saturated carbocycles. The smallest absolute Gasteiger partial charge is 0.241 e. The number of carbonyl (C=O) groups excluding carboxylic acids is 3. The van der Waals surface area contributed by atoms with E-state index in [0.29, 0.717) is 19.3 Å². The fourth-order valence-corrected chi connectivity index (χ4v) is 1.64. The lowest BCUT2D eigenvalue weighted by Gasteiger charge is -2.32. The lowest BCUT2D eigenvalue weighted by atomic mass is 9.90. The average molecular weight is 227 g/mol. The Morgan fingerprint density at radius 3 is 2.31 bits per heavy atom. The Morgan fingerprint density at radius 1 is 1.38 bits per heavy atom. The van der Waals surface area contributed by atoms with Crippen molar-refractivity contribution in [2.75, 3.05) is 6.54 Å². The fourth-order valence-electron chi connectivity index (χ4n) is 1.64. The minimum absolute atomic E-state index is 0.0771. The number of nitrogens with zero attached hydrogens (tertiary/aromatic N) is 1. The van der Waals surface area contributed by atoms with Crippen LogP contribution in [0.5, 0.6) is 0 Å². The predicted octanol–water partition coefficient (Wildman–Crippen LogP) is -0.458. The van der Waals surface area contributed by atoms with Crippen molar-refractivity contribution in [2.24, 2.45) is 11.3 Å². The highest BCUT2D eigenvalue weighted by Gasteiger charge is 2.35. The van der Waals surface area contributed by atoms with E-state index in [0.717, 1.165) is 4.90 Å². The van der Waals surface area contributed by atoms with Crippen LogP contribution in [0.1, 0.15) is 33.1 Å². The molecule has 0 aliphatic carbocycles. The molecule has 0 spiro atoms. The van der Waals surface area contributed by atoms with Gasteiger partial charge in [-0.05, 0) is 20.3 Å². The predicted molar refractivity (Wildman–Crippen MR) is 56.7 cm³/mol. The van der Waals surface area contributed by atoms with Gasteiger partial charge in [0.25, 0.3) is 0 Å². The molecule has 3 N–H and O–H groups in total. The second-order valence-electron chi connectivity index (χ2n) is 4.58. The van der Waals surface area contributed by atoms with E-state index in [9.17, 15) is 14.4 Å². The van der Waals surface area contributed by atoms with Gasteiger partial charge < -0.3 is 0 Å². The first-order valence-electron chi connectivity index (χ1n) is 5.23. The molecule has 0 aromatic heterocycles. The van der Waals surface area contributed by atoms with Gasteiger partial charge in [-0.1, -0.05) is 0 Å². The van der Waals surface area contributed by atoms with E-state index in [1.165, 1.54) is 0 Å². The Balaban J connectivity index is 2.74. The highest BCUT2D eigenvalue weighted by atomic mass is 16.2. The molecule has 1 fully saturated rings. The molecule has 0 radical (unpaired) electrons. The van der Waals surface area contributed by atoms with Crippen molar-refractivity contribution in [1.82, 2.24) is 10.3 Å². The van der Waals surface area contributed by atoms with E-state index in [1.807, 2.05) is 5.43 Å². The van der Waals surface area contributed by atoms with Crippen LogP contribution in [0, 0.1) is 5.41 Å². The van der Waals surface area contributed by atoms with Crippen molar-refractivity contribution in [3.63, 3.8) is 0 Å². The van der Waals surface area contributed by atoms with Crippen molar-refractivity contribution in [3.8, 4) is 0 Å². The minimum Gasteiger partial charge on any atom is -0.294 e. The van der Waals surface area contributed by atoms with Gasteiger partial charge >= 0.3 is 0 Å². The van der Waals surface area contributed by atoms with Crippen LogP contribution in [-0.4, -0.2) is 29.2 Å². The molecule has 1 aliphatic heterocycles. The number of nitrogens with one attached hydrogen (secondary N) is 1. The average Bonchev–Trinajstić information content (AvgIpc) is 2.22. The number of hydrazine groups is 1. The maximum Gasteiger partial charge on any atom is 0.241 e. The monoisotopic (exact) mass is 227 g/mol. The second-order valence-corrected chi connectivity index (χ2v) is 4.58. The molecular weight excluding hydrogens is 210 g/mol. The summed E-state index contributed by atoms with van der Waals surface area (Å²) in [4.78, 5) is 35.7. The lowest BCUT2D eigenvalue weighted by Crippen LogP contribution is -2.51. The van der Waals surface area contributed by atoms with Crippen molar-refractivity contribution >= 4 is 17.7 Å². The van der Waals surface area contributed by atoms with Gasteiger partial charge in [0.2, 0.25) is 17.7 Å². The third-order valence-electron chi connectivity index (χ3n) is 2.68. The van der Waals surface area contributed by atoms with Gasteiger partial charge in [0.05, 0.1) is 5.41 Å². The first-order chi connectivity index (χ1) is 7.38. The summed E-state index contributed by atoms with van der Waals surface area (Å²) in [7, 11) is 0. The number of nitrogens with two attached hydrogens (primary N) is 1. The van der Waals surface area contributed by atoms with Crippen LogP contribution in [-0.2, 0) is 14.4 Å². The molecule has 6 nitrogen and oxygen atoms in total. The first-order valence-corrected chi connectivity index (χ1v) is 5.23. The molecule has 3 amide bonds. The summed E-state index contributed by atoms with van der Waals surface area (Å²) in [5.74, 6) is 4.23. The summed E-state index contributed by atoms with van der Waals surface area (Å²) in [6, 6.07) is 0. The summed E-state index contributed by atoms with van der Waals surface area (Å²) >= 11 is 0. The SMILES string of the molecule is CC(C)(CN1C(=O)CCCC1=O)C(=O)NN. The zero-order valence-corrected chi connectivity index (χ0v) is 9.58. The van der Waals surface area contributed by atoms with Gasteiger partial charge in [-0.3, -0.25) is 24.7 Å². The van der Waals surface area contributed by atoms with Crippen molar-refractivity contribution < 1.29 is 14.4 Å². The summed E-state index contributed by atoms with van der Waals surface area (Å²) < 4.78 is 0. The number of piperidine rings is 1. The first kappa shape index (κ1) is 12.6. The third kappa shape index (κ3) is 2.57. The van der Waals surface area contributed by atoms with E-state index in [-0.39, 0.29) is 18.4 Å². The molecule has 0 bridgehead atoms. The Hall–Kier alpha value is -1.43. The molecule has 90 valence electrons. The molecule has 1 rings (SSSR count). The number of rotatable bonds is 3. The van der Waals surface area contributed by atoms with Crippen LogP contribution >= 0.6 is 0 Å². The Morgan fingerprint density at radius 2 is 1.88 bits per heavy atom. The van der Waals surface area contributed by atoms with E-state index in [2.05, 4.69) is 0 Å². The van der Waals surface area contributed by atoms with Crippen molar-refractivity contribution in [3.05, 3.63) is 0 Å². The molecule has 1 saturated heterocycles. The standard InChI is InChI=1S/C10H17N3O3/c1-10(2,9(16)12-11)6-13-7(14)4-3-5-8(13)15/h3-6,11H2,1-2H3,(H,12,16). The van der Waals surface area contributed by atoms with Crippen LogP contribution in [0.3, 0.4) is 0 Å². The van der Waals surface area contributed by atoms with Gasteiger partial charge in [0.15, 0.2) is 0 Å². The Bertz CT molecular complexity index is 309. The van der Waals surface area contributed by atoms with Crippen LogP contribution in [0.25, 0.3) is 0 Å². The number of hydrogen-bond donors (Lipinski definition) is 2. The Kier molecular flexibility index (Phi) is 3.64. The minimum atomic E-state index is -0.864. The normalized spacial score (nSPS) is 17.6. The van der Waals surface area contributed by atoms with Gasteiger partial charge in [0, 0.05) is 19.4 Å². The molecule has 0 unspecified atom stereocenters. The van der Waals surface area contributed by atoms with Crippen LogP contribution in [0.15, 0.2) is 0 Å². The topological polar surface area (TPSA) is 92.5 Å². The molecule has 0 atom stereocenters. The summed E-state index contributed by atoms with van der Waals surface area (Å²) in [6.07, 6.45) is 1.33. The number of imide groups is 1. The maximum absolute atomic E-state index is 11.5. The highest BCUT2D eigenvalue weighted by Crippen LogP contribution is 2.21. The largest absolute Gasteiger partial charge is 0.294 e. The van der Waals surface area contributed by atoms with E-state index in [4.69, 9.17) is 5.84 Å². The number of hydrogen-bond acceptors (Lipinski definition) is 4. The number of amides is 3. The van der Waals surface area contributed by atoms with E-state index in [1.54, 1.807) is 13.8 Å².